The minimum Gasteiger partial charge on any atom is -0.493 e. The van der Waals surface area contributed by atoms with Gasteiger partial charge >= 0.3 is 0 Å². The van der Waals surface area contributed by atoms with Crippen molar-refractivity contribution in [2.24, 2.45) is 0 Å². The minimum absolute atomic E-state index is 0.156. The second kappa shape index (κ2) is 7.62. The van der Waals surface area contributed by atoms with E-state index in [-0.39, 0.29) is 5.91 Å². The maximum atomic E-state index is 11.3. The molecule has 0 aliphatic heterocycles. The Hall–Kier alpha value is -3.79. The lowest BCUT2D eigenvalue weighted by Crippen LogP contribution is -2.06. The minimum atomic E-state index is -0.156. The molecule has 0 atom stereocenters. The van der Waals surface area contributed by atoms with Gasteiger partial charge in [0.15, 0.2) is 11.5 Å². The number of hydrogen-bond donors (Lipinski definition) is 2. The van der Waals surface area contributed by atoms with Crippen LogP contribution >= 0.6 is 0 Å². The second-order valence-electron chi connectivity index (χ2n) is 5.77. The van der Waals surface area contributed by atoms with Crippen LogP contribution in [0.15, 0.2) is 42.6 Å². The first-order valence-electron chi connectivity index (χ1n) is 8.15. The van der Waals surface area contributed by atoms with Crippen LogP contribution in [-0.4, -0.2) is 25.1 Å². The molecular weight excluding hydrogens is 344 g/mol. The van der Waals surface area contributed by atoms with Crippen molar-refractivity contribution in [2.45, 2.75) is 6.92 Å². The van der Waals surface area contributed by atoms with Crippen LogP contribution in [0.4, 0.5) is 17.1 Å². The van der Waals surface area contributed by atoms with Gasteiger partial charge in [-0.2, -0.15) is 5.26 Å². The number of carbonyl (C=O) groups is 1. The fourth-order valence-corrected chi connectivity index (χ4v) is 2.76. The third-order valence-electron chi connectivity index (χ3n) is 3.95. The van der Waals surface area contributed by atoms with Crippen molar-refractivity contribution in [3.05, 3.63) is 48.2 Å². The van der Waals surface area contributed by atoms with E-state index in [1.807, 2.05) is 12.1 Å². The van der Waals surface area contributed by atoms with E-state index < -0.39 is 0 Å². The lowest BCUT2D eigenvalue weighted by molar-refractivity contribution is -0.114. The summed E-state index contributed by atoms with van der Waals surface area (Å²) in [5.41, 5.74) is 3.03. The number of methoxy groups -OCH3 is 2. The Kier molecular flexibility index (Phi) is 5.08. The predicted octanol–water partition coefficient (Wildman–Crippen LogP) is 3.83. The molecule has 3 rings (SSSR count). The Balaban J connectivity index is 2.12. The normalized spacial score (nSPS) is 10.1. The van der Waals surface area contributed by atoms with Crippen LogP contribution in [0.25, 0.3) is 10.9 Å². The summed E-state index contributed by atoms with van der Waals surface area (Å²) in [5.74, 6) is 0.939. The van der Waals surface area contributed by atoms with Gasteiger partial charge < -0.3 is 20.1 Å². The molecule has 2 N–H and O–H groups in total. The number of nitriles is 1. The van der Waals surface area contributed by atoms with Gasteiger partial charge in [-0.1, -0.05) is 6.07 Å². The molecule has 1 heterocycles. The highest BCUT2D eigenvalue weighted by Crippen LogP contribution is 2.37. The van der Waals surface area contributed by atoms with Crippen molar-refractivity contribution >= 4 is 33.9 Å². The molecule has 1 amide bonds. The van der Waals surface area contributed by atoms with Gasteiger partial charge in [0, 0.05) is 35.9 Å². The molecule has 0 bridgehead atoms. The molecule has 0 saturated heterocycles. The molecule has 0 saturated carbocycles. The fraction of sp³-hybridized carbons (Fsp3) is 0.150. The summed E-state index contributed by atoms with van der Waals surface area (Å²) in [5, 5.41) is 16.2. The average Bonchev–Trinajstić information content (AvgIpc) is 2.67. The fourth-order valence-electron chi connectivity index (χ4n) is 2.76. The van der Waals surface area contributed by atoms with Crippen LogP contribution in [0.2, 0.25) is 0 Å². The summed E-state index contributed by atoms with van der Waals surface area (Å²) >= 11 is 0. The van der Waals surface area contributed by atoms with Crippen molar-refractivity contribution in [1.82, 2.24) is 4.98 Å². The summed E-state index contributed by atoms with van der Waals surface area (Å²) in [6.07, 6.45) is 1.51. The van der Waals surface area contributed by atoms with Crippen LogP contribution in [0.1, 0.15) is 12.5 Å². The number of pyridine rings is 1. The third kappa shape index (κ3) is 3.75. The zero-order valence-electron chi connectivity index (χ0n) is 15.2. The van der Waals surface area contributed by atoms with Crippen molar-refractivity contribution in [3.8, 4) is 17.6 Å². The number of ether oxygens (including phenoxy) is 2. The maximum absolute atomic E-state index is 11.3. The topological polar surface area (TPSA) is 96.3 Å². The van der Waals surface area contributed by atoms with Gasteiger partial charge in [0.25, 0.3) is 0 Å². The van der Waals surface area contributed by atoms with E-state index in [9.17, 15) is 10.1 Å². The van der Waals surface area contributed by atoms with E-state index in [1.54, 1.807) is 38.5 Å². The summed E-state index contributed by atoms with van der Waals surface area (Å²) in [6.45, 7) is 1.45. The highest BCUT2D eigenvalue weighted by molar-refractivity contribution is 5.98. The monoisotopic (exact) mass is 362 g/mol. The van der Waals surface area contributed by atoms with Crippen LogP contribution in [-0.2, 0) is 4.79 Å². The summed E-state index contributed by atoms with van der Waals surface area (Å²) < 4.78 is 10.7. The highest BCUT2D eigenvalue weighted by atomic mass is 16.5. The molecule has 27 heavy (non-hydrogen) atoms. The number of anilines is 3. The Bertz CT molecular complexity index is 1060. The maximum Gasteiger partial charge on any atom is 0.221 e. The molecule has 0 unspecified atom stereocenters. The van der Waals surface area contributed by atoms with E-state index >= 15 is 0 Å². The number of amides is 1. The summed E-state index contributed by atoms with van der Waals surface area (Å²) in [6, 6.07) is 12.9. The van der Waals surface area contributed by atoms with Gasteiger partial charge in [0.05, 0.1) is 31.0 Å². The zero-order chi connectivity index (χ0) is 19.4. The number of nitrogens with zero attached hydrogens (tertiary/aromatic N) is 2. The molecule has 7 nitrogen and oxygen atoms in total. The average molecular weight is 362 g/mol. The number of rotatable bonds is 5. The number of carbonyl (C=O) groups excluding carboxylic acids is 1. The molecule has 1 aromatic heterocycles. The molecule has 3 aromatic rings. The van der Waals surface area contributed by atoms with Gasteiger partial charge in [0.1, 0.15) is 6.07 Å². The van der Waals surface area contributed by atoms with Crippen LogP contribution < -0.4 is 20.1 Å². The van der Waals surface area contributed by atoms with Gasteiger partial charge in [-0.3, -0.25) is 9.78 Å². The first-order chi connectivity index (χ1) is 13.0. The van der Waals surface area contributed by atoms with Crippen molar-refractivity contribution in [2.75, 3.05) is 24.9 Å². The van der Waals surface area contributed by atoms with E-state index in [2.05, 4.69) is 21.7 Å². The van der Waals surface area contributed by atoms with Gasteiger partial charge in [-0.25, -0.2) is 0 Å². The van der Waals surface area contributed by atoms with E-state index in [4.69, 9.17) is 9.47 Å². The molecule has 0 aliphatic rings. The predicted molar refractivity (Wildman–Crippen MR) is 104 cm³/mol. The van der Waals surface area contributed by atoms with Crippen molar-refractivity contribution in [3.63, 3.8) is 0 Å². The van der Waals surface area contributed by atoms with E-state index in [1.165, 1.54) is 13.1 Å². The molecule has 136 valence electrons. The SMILES string of the molecule is COc1cc2ncc(C#N)c(Nc3cccc(NC(C)=O)c3)c2cc1OC. The molecular formula is C20H18N4O3. The van der Waals surface area contributed by atoms with E-state index in [0.29, 0.717) is 34.0 Å². The molecule has 0 aliphatic carbocycles. The largest absolute Gasteiger partial charge is 0.493 e. The molecule has 0 spiro atoms. The lowest BCUT2D eigenvalue weighted by atomic mass is 10.1. The standard InChI is InChI=1S/C20H18N4O3/c1-12(25)23-14-5-4-6-15(7-14)24-20-13(10-21)11-22-17-9-19(27-3)18(26-2)8-16(17)20/h4-9,11H,1-3H3,(H,22,24)(H,23,25). The highest BCUT2D eigenvalue weighted by Gasteiger charge is 2.14. The van der Waals surface area contributed by atoms with Gasteiger partial charge in [-0.05, 0) is 24.3 Å². The summed E-state index contributed by atoms with van der Waals surface area (Å²) in [4.78, 5) is 15.6. The number of fused-ring (bicyclic) bond motifs is 1. The molecule has 2 aromatic carbocycles. The molecule has 7 heteroatoms. The zero-order valence-corrected chi connectivity index (χ0v) is 15.2. The van der Waals surface area contributed by atoms with Crippen LogP contribution in [0.3, 0.4) is 0 Å². The Morgan fingerprint density at radius 2 is 1.81 bits per heavy atom. The smallest absolute Gasteiger partial charge is 0.221 e. The van der Waals surface area contributed by atoms with Gasteiger partial charge in [-0.15, -0.1) is 0 Å². The van der Waals surface area contributed by atoms with E-state index in [0.717, 1.165) is 11.1 Å². The first kappa shape index (κ1) is 18.0. The van der Waals surface area contributed by atoms with Crippen LogP contribution in [0.5, 0.6) is 11.5 Å². The number of aromatic nitrogens is 1. The quantitative estimate of drug-likeness (QED) is 0.716. The van der Waals surface area contributed by atoms with Crippen molar-refractivity contribution < 1.29 is 14.3 Å². The number of hydrogen-bond acceptors (Lipinski definition) is 6. The van der Waals surface area contributed by atoms with Crippen molar-refractivity contribution in [1.29, 1.82) is 5.26 Å². The van der Waals surface area contributed by atoms with Gasteiger partial charge in [0.2, 0.25) is 5.91 Å². The Morgan fingerprint density at radius 1 is 1.11 bits per heavy atom. The third-order valence-corrected chi connectivity index (χ3v) is 3.95. The summed E-state index contributed by atoms with van der Waals surface area (Å²) in [7, 11) is 3.11. The Morgan fingerprint density at radius 3 is 2.48 bits per heavy atom. The second-order valence-corrected chi connectivity index (χ2v) is 5.77. The lowest BCUT2D eigenvalue weighted by Gasteiger charge is -2.15. The Labute approximate surface area is 156 Å². The first-order valence-corrected chi connectivity index (χ1v) is 8.15. The van der Waals surface area contributed by atoms with Crippen LogP contribution in [0, 0.1) is 11.3 Å². The molecule has 0 radical (unpaired) electrons. The number of benzene rings is 2. The molecule has 0 fully saturated rings. The number of nitrogens with one attached hydrogen (secondary N) is 2.